The smallest absolute Gasteiger partial charge is 0.243 e. The highest BCUT2D eigenvalue weighted by Gasteiger charge is 2.21. The van der Waals surface area contributed by atoms with Gasteiger partial charge in [-0.1, -0.05) is 13.8 Å². The Bertz CT molecular complexity index is 512. The molecule has 6 heteroatoms. The number of halogens is 1. The second-order valence-corrected chi connectivity index (χ2v) is 6.13. The first-order chi connectivity index (χ1) is 7.74. The highest BCUT2D eigenvalue weighted by atomic mass is 32.2. The summed E-state index contributed by atoms with van der Waals surface area (Å²) in [5.41, 5.74) is 5.97. The molecule has 0 bridgehead atoms. The summed E-state index contributed by atoms with van der Waals surface area (Å²) in [4.78, 5) is -0.393. The molecule has 0 aliphatic rings. The third-order valence-electron chi connectivity index (χ3n) is 2.21. The van der Waals surface area contributed by atoms with Crippen molar-refractivity contribution in [2.45, 2.75) is 25.7 Å². The Morgan fingerprint density at radius 1 is 1.41 bits per heavy atom. The van der Waals surface area contributed by atoms with Crippen molar-refractivity contribution in [1.29, 1.82) is 0 Å². The van der Waals surface area contributed by atoms with E-state index in [0.29, 0.717) is 0 Å². The lowest BCUT2D eigenvalue weighted by Crippen LogP contribution is -2.28. The van der Waals surface area contributed by atoms with E-state index in [4.69, 9.17) is 5.73 Å². The molecule has 0 saturated carbocycles. The lowest BCUT2D eigenvalue weighted by atomic mass is 10.2. The number of nitrogen functional groups attached to an aromatic ring is 1. The fraction of sp³-hybridized carbons (Fsp3) is 0.455. The molecular formula is C11H17FN2O2S. The summed E-state index contributed by atoms with van der Waals surface area (Å²) >= 11 is 0. The van der Waals surface area contributed by atoms with E-state index < -0.39 is 20.7 Å². The van der Waals surface area contributed by atoms with Crippen LogP contribution in [0.2, 0.25) is 0 Å². The predicted molar refractivity (Wildman–Crippen MR) is 65.6 cm³/mol. The summed E-state index contributed by atoms with van der Waals surface area (Å²) in [7, 11) is -3.84. The summed E-state index contributed by atoms with van der Waals surface area (Å²) in [5.74, 6) is -0.606. The topological polar surface area (TPSA) is 72.2 Å². The zero-order valence-electron chi connectivity index (χ0n) is 10.1. The first kappa shape index (κ1) is 13.9. The standard InChI is InChI=1S/C11H17FN2O2S/c1-7(2)6-14-17(15,16)10-5-9(13)4-8(3)11(10)12/h4-5,7,14H,6,13H2,1-3H3. The molecule has 0 fully saturated rings. The average Bonchev–Trinajstić information content (AvgIpc) is 2.20. The Morgan fingerprint density at radius 2 is 2.00 bits per heavy atom. The van der Waals surface area contributed by atoms with Crippen LogP contribution < -0.4 is 10.5 Å². The van der Waals surface area contributed by atoms with E-state index in [2.05, 4.69) is 4.72 Å². The molecule has 0 heterocycles. The van der Waals surface area contributed by atoms with Crippen LogP contribution in [0.15, 0.2) is 17.0 Å². The lowest BCUT2D eigenvalue weighted by molar-refractivity contribution is 0.541. The van der Waals surface area contributed by atoms with Gasteiger partial charge in [0.05, 0.1) is 0 Å². The Labute approximate surface area is 101 Å². The quantitative estimate of drug-likeness (QED) is 0.808. The molecule has 96 valence electrons. The van der Waals surface area contributed by atoms with Gasteiger partial charge in [0.2, 0.25) is 10.0 Å². The van der Waals surface area contributed by atoms with Crippen molar-refractivity contribution in [3.63, 3.8) is 0 Å². The monoisotopic (exact) mass is 260 g/mol. The molecule has 0 radical (unpaired) electrons. The minimum atomic E-state index is -3.84. The minimum absolute atomic E-state index is 0.148. The number of benzene rings is 1. The van der Waals surface area contributed by atoms with E-state index in [1.54, 1.807) is 0 Å². The summed E-state index contributed by atoms with van der Waals surface area (Å²) in [6.07, 6.45) is 0. The zero-order chi connectivity index (χ0) is 13.2. The van der Waals surface area contributed by atoms with Crippen molar-refractivity contribution in [3.8, 4) is 0 Å². The Balaban J connectivity index is 3.15. The third-order valence-corrected chi connectivity index (χ3v) is 3.64. The van der Waals surface area contributed by atoms with Crippen LogP contribution in [0.25, 0.3) is 0 Å². The molecule has 0 amide bonds. The number of nitrogens with two attached hydrogens (primary N) is 1. The van der Waals surface area contributed by atoms with Crippen LogP contribution in [0.1, 0.15) is 19.4 Å². The van der Waals surface area contributed by atoms with Crippen molar-refractivity contribution in [2.24, 2.45) is 5.92 Å². The second-order valence-electron chi connectivity index (χ2n) is 4.40. The first-order valence-corrected chi connectivity index (χ1v) is 6.77. The molecule has 0 atom stereocenters. The van der Waals surface area contributed by atoms with Crippen molar-refractivity contribution < 1.29 is 12.8 Å². The number of hydrogen-bond donors (Lipinski definition) is 2. The van der Waals surface area contributed by atoms with Crippen LogP contribution in [-0.4, -0.2) is 15.0 Å². The Hall–Kier alpha value is -1.14. The molecule has 1 aromatic rings. The molecule has 3 N–H and O–H groups in total. The van der Waals surface area contributed by atoms with Crippen LogP contribution in [0.4, 0.5) is 10.1 Å². The molecule has 0 aliphatic heterocycles. The fourth-order valence-electron chi connectivity index (χ4n) is 1.31. The average molecular weight is 260 g/mol. The molecule has 4 nitrogen and oxygen atoms in total. The van der Waals surface area contributed by atoms with Crippen molar-refractivity contribution in [3.05, 3.63) is 23.5 Å². The van der Waals surface area contributed by atoms with Gasteiger partial charge in [-0.2, -0.15) is 0 Å². The number of aryl methyl sites for hydroxylation is 1. The number of anilines is 1. The minimum Gasteiger partial charge on any atom is -0.399 e. The van der Waals surface area contributed by atoms with Crippen molar-refractivity contribution in [2.75, 3.05) is 12.3 Å². The lowest BCUT2D eigenvalue weighted by Gasteiger charge is -2.11. The van der Waals surface area contributed by atoms with E-state index in [-0.39, 0.29) is 23.7 Å². The van der Waals surface area contributed by atoms with Gasteiger partial charge in [-0.05, 0) is 30.5 Å². The van der Waals surface area contributed by atoms with E-state index in [1.807, 2.05) is 13.8 Å². The molecule has 0 aromatic heterocycles. The summed E-state index contributed by atoms with van der Waals surface area (Å²) in [6.45, 7) is 5.47. The third kappa shape index (κ3) is 3.41. The summed E-state index contributed by atoms with van der Waals surface area (Å²) in [6, 6.07) is 2.53. The zero-order valence-corrected chi connectivity index (χ0v) is 10.9. The van der Waals surface area contributed by atoms with Gasteiger partial charge >= 0.3 is 0 Å². The van der Waals surface area contributed by atoms with Crippen LogP contribution in [0, 0.1) is 18.7 Å². The van der Waals surface area contributed by atoms with Gasteiger partial charge in [0.25, 0.3) is 0 Å². The van der Waals surface area contributed by atoms with Crippen LogP contribution >= 0.6 is 0 Å². The molecule has 17 heavy (non-hydrogen) atoms. The summed E-state index contributed by atoms with van der Waals surface area (Å²) < 4.78 is 39.8. The number of nitrogens with one attached hydrogen (secondary N) is 1. The molecule has 0 unspecified atom stereocenters. The van der Waals surface area contributed by atoms with Gasteiger partial charge in [0.1, 0.15) is 10.7 Å². The van der Waals surface area contributed by atoms with Gasteiger partial charge in [-0.3, -0.25) is 0 Å². The highest BCUT2D eigenvalue weighted by Crippen LogP contribution is 2.21. The number of sulfonamides is 1. The predicted octanol–water partition coefficient (Wildman–Crippen LogP) is 1.65. The Morgan fingerprint density at radius 3 is 2.53 bits per heavy atom. The van der Waals surface area contributed by atoms with Gasteiger partial charge in [-0.25, -0.2) is 17.5 Å². The summed E-state index contributed by atoms with van der Waals surface area (Å²) in [5, 5.41) is 0. The van der Waals surface area contributed by atoms with Crippen LogP contribution in [0.3, 0.4) is 0 Å². The number of hydrogen-bond acceptors (Lipinski definition) is 3. The molecule has 1 aromatic carbocycles. The van der Waals surface area contributed by atoms with Gasteiger partial charge in [0, 0.05) is 12.2 Å². The van der Waals surface area contributed by atoms with Crippen molar-refractivity contribution >= 4 is 15.7 Å². The van der Waals surface area contributed by atoms with Crippen molar-refractivity contribution in [1.82, 2.24) is 4.72 Å². The van der Waals surface area contributed by atoms with E-state index in [0.717, 1.165) is 6.07 Å². The maximum atomic E-state index is 13.7. The maximum absolute atomic E-state index is 13.7. The van der Waals surface area contributed by atoms with E-state index >= 15 is 0 Å². The molecular weight excluding hydrogens is 243 g/mol. The maximum Gasteiger partial charge on any atom is 0.243 e. The molecule has 1 rings (SSSR count). The Kier molecular flexibility index (Phi) is 4.11. The van der Waals surface area contributed by atoms with Gasteiger partial charge < -0.3 is 5.73 Å². The SMILES string of the molecule is Cc1cc(N)cc(S(=O)(=O)NCC(C)C)c1F. The number of rotatable bonds is 4. The molecule has 0 spiro atoms. The second kappa shape index (κ2) is 5.01. The largest absolute Gasteiger partial charge is 0.399 e. The fourth-order valence-corrected chi connectivity index (χ4v) is 2.71. The normalized spacial score (nSPS) is 12.1. The van der Waals surface area contributed by atoms with E-state index in [9.17, 15) is 12.8 Å². The van der Waals surface area contributed by atoms with Crippen LogP contribution in [0.5, 0.6) is 0 Å². The highest BCUT2D eigenvalue weighted by molar-refractivity contribution is 7.89. The van der Waals surface area contributed by atoms with Gasteiger partial charge in [0.15, 0.2) is 0 Å². The first-order valence-electron chi connectivity index (χ1n) is 5.29. The molecule has 0 saturated heterocycles. The van der Waals surface area contributed by atoms with E-state index in [1.165, 1.54) is 13.0 Å². The van der Waals surface area contributed by atoms with Crippen LogP contribution in [-0.2, 0) is 10.0 Å². The van der Waals surface area contributed by atoms with Gasteiger partial charge in [-0.15, -0.1) is 0 Å². The molecule has 0 aliphatic carbocycles.